The number of benzene rings is 2. The number of aromatic nitrogens is 4. The summed E-state index contributed by atoms with van der Waals surface area (Å²) in [5.74, 6) is 0.764. The monoisotopic (exact) mass is 492 g/mol. The van der Waals surface area contributed by atoms with Crippen molar-refractivity contribution in [1.29, 1.82) is 0 Å². The normalized spacial score (nSPS) is 11.1. The Morgan fingerprint density at radius 1 is 0.973 bits per heavy atom. The van der Waals surface area contributed by atoms with Gasteiger partial charge in [0, 0.05) is 35.4 Å². The highest BCUT2D eigenvalue weighted by atomic mass is 16.5. The first kappa shape index (κ1) is 24.2. The fraction of sp³-hybridized carbons (Fsp3) is 0.200. The number of fused-ring (bicyclic) bond motifs is 1. The molecule has 5 aromatic rings. The Kier molecular flexibility index (Phi) is 7.21. The van der Waals surface area contributed by atoms with Gasteiger partial charge in [-0.15, -0.1) is 0 Å². The van der Waals surface area contributed by atoms with Crippen LogP contribution in [0.3, 0.4) is 0 Å². The lowest BCUT2D eigenvalue weighted by molar-refractivity contribution is -0.119. The first-order valence-electron chi connectivity index (χ1n) is 12.3. The lowest BCUT2D eigenvalue weighted by Gasteiger charge is -2.14. The van der Waals surface area contributed by atoms with Gasteiger partial charge in [0.1, 0.15) is 11.4 Å². The maximum atomic E-state index is 13.5. The highest BCUT2D eigenvalue weighted by Gasteiger charge is 2.16. The van der Waals surface area contributed by atoms with Gasteiger partial charge in [0.05, 0.1) is 25.5 Å². The second-order valence-electron chi connectivity index (χ2n) is 9.00. The molecule has 3 aromatic heterocycles. The molecule has 0 saturated carbocycles. The lowest BCUT2D eigenvalue weighted by atomic mass is 10.1. The zero-order valence-corrected chi connectivity index (χ0v) is 20.7. The second-order valence-corrected chi connectivity index (χ2v) is 9.00. The molecule has 5 rings (SSSR count). The maximum Gasteiger partial charge on any atom is 0.273 e. The molecule has 0 aliphatic heterocycles. The van der Waals surface area contributed by atoms with Crippen molar-refractivity contribution >= 4 is 16.7 Å². The third-order valence-electron chi connectivity index (χ3n) is 6.46. The first-order valence-corrected chi connectivity index (χ1v) is 12.3. The van der Waals surface area contributed by atoms with Crippen molar-refractivity contribution in [2.45, 2.75) is 32.2 Å². The van der Waals surface area contributed by atoms with E-state index in [9.17, 15) is 9.59 Å². The molecule has 0 aliphatic rings. The number of methoxy groups -OCH3 is 1. The zero-order valence-electron chi connectivity index (χ0n) is 20.7. The summed E-state index contributed by atoms with van der Waals surface area (Å²) < 4.78 is 6.88. The zero-order chi connectivity index (χ0) is 25.6. The van der Waals surface area contributed by atoms with Crippen molar-refractivity contribution in [2.24, 2.45) is 0 Å². The van der Waals surface area contributed by atoms with Gasteiger partial charge in [-0.1, -0.05) is 42.5 Å². The number of carbonyl (C=O) groups is 1. The van der Waals surface area contributed by atoms with Crippen molar-refractivity contribution in [3.63, 3.8) is 0 Å². The average molecular weight is 493 g/mol. The quantitative estimate of drug-likeness (QED) is 0.303. The SMILES string of the molecule is COc1cccc(CCc2ncc(-c3ccccc3)n(CC(=O)CCc3cc4cnccc4[nH]3)c2=O)c1. The predicted octanol–water partition coefficient (Wildman–Crippen LogP) is 4.78. The van der Waals surface area contributed by atoms with Gasteiger partial charge in [0.25, 0.3) is 5.56 Å². The molecule has 0 saturated heterocycles. The molecule has 1 N–H and O–H groups in total. The fourth-order valence-corrected chi connectivity index (χ4v) is 4.48. The number of carbonyl (C=O) groups excluding carboxylic acids is 1. The van der Waals surface area contributed by atoms with Crippen LogP contribution < -0.4 is 10.3 Å². The number of hydrogen-bond acceptors (Lipinski definition) is 5. The van der Waals surface area contributed by atoms with Crippen LogP contribution >= 0.6 is 0 Å². The van der Waals surface area contributed by atoms with Crippen LogP contribution in [-0.2, 0) is 30.6 Å². The van der Waals surface area contributed by atoms with Crippen LogP contribution in [0.2, 0.25) is 0 Å². The van der Waals surface area contributed by atoms with Gasteiger partial charge in [-0.2, -0.15) is 0 Å². The van der Waals surface area contributed by atoms with Crippen molar-refractivity contribution in [3.8, 4) is 17.0 Å². The summed E-state index contributed by atoms with van der Waals surface area (Å²) in [4.78, 5) is 38.6. The molecule has 37 heavy (non-hydrogen) atoms. The summed E-state index contributed by atoms with van der Waals surface area (Å²) in [6.45, 7) is -0.000471. The number of pyridine rings is 1. The van der Waals surface area contributed by atoms with Crippen molar-refractivity contribution in [1.82, 2.24) is 19.5 Å². The molecule has 7 heteroatoms. The molecule has 0 radical (unpaired) electrons. The van der Waals surface area contributed by atoms with E-state index in [4.69, 9.17) is 4.74 Å². The molecule has 186 valence electrons. The van der Waals surface area contributed by atoms with E-state index in [0.29, 0.717) is 37.1 Å². The summed E-state index contributed by atoms with van der Waals surface area (Å²) in [7, 11) is 1.63. The fourth-order valence-electron chi connectivity index (χ4n) is 4.48. The predicted molar refractivity (Wildman–Crippen MR) is 144 cm³/mol. The van der Waals surface area contributed by atoms with E-state index in [1.165, 1.54) is 0 Å². The van der Waals surface area contributed by atoms with Gasteiger partial charge < -0.3 is 9.72 Å². The van der Waals surface area contributed by atoms with Crippen LogP contribution in [0.15, 0.2) is 90.1 Å². The number of nitrogens with zero attached hydrogens (tertiary/aromatic N) is 3. The molecular formula is C30H28N4O3. The third-order valence-corrected chi connectivity index (χ3v) is 6.46. The van der Waals surface area contributed by atoms with Gasteiger partial charge in [-0.05, 0) is 54.7 Å². The molecule has 7 nitrogen and oxygen atoms in total. The number of nitrogens with one attached hydrogen (secondary N) is 1. The number of aromatic amines is 1. The van der Waals surface area contributed by atoms with Gasteiger partial charge >= 0.3 is 0 Å². The van der Waals surface area contributed by atoms with Gasteiger partial charge in [0.2, 0.25) is 0 Å². The Labute approximate surface area is 214 Å². The third kappa shape index (κ3) is 5.67. The van der Waals surface area contributed by atoms with Crippen LogP contribution in [0, 0.1) is 0 Å². The van der Waals surface area contributed by atoms with E-state index >= 15 is 0 Å². The van der Waals surface area contributed by atoms with E-state index in [2.05, 4.69) is 15.0 Å². The minimum Gasteiger partial charge on any atom is -0.497 e. The highest BCUT2D eigenvalue weighted by molar-refractivity contribution is 5.81. The Balaban J connectivity index is 1.37. The van der Waals surface area contributed by atoms with Crippen molar-refractivity contribution in [3.05, 3.63) is 113 Å². The number of rotatable bonds is 10. The van der Waals surface area contributed by atoms with E-state index < -0.39 is 0 Å². The number of H-pyrrole nitrogens is 1. The summed E-state index contributed by atoms with van der Waals surface area (Å²) in [5, 5.41) is 1.02. The Morgan fingerprint density at radius 3 is 2.65 bits per heavy atom. The Bertz CT molecular complexity index is 1550. The van der Waals surface area contributed by atoms with E-state index in [1.54, 1.807) is 30.3 Å². The van der Waals surface area contributed by atoms with E-state index in [1.807, 2.05) is 66.7 Å². The van der Waals surface area contributed by atoms with Crippen molar-refractivity contribution in [2.75, 3.05) is 7.11 Å². The molecule has 2 aromatic carbocycles. The van der Waals surface area contributed by atoms with Gasteiger partial charge in [0.15, 0.2) is 5.78 Å². The molecule has 0 fully saturated rings. The molecule has 0 aliphatic carbocycles. The van der Waals surface area contributed by atoms with Crippen molar-refractivity contribution < 1.29 is 9.53 Å². The summed E-state index contributed by atoms with van der Waals surface area (Å²) >= 11 is 0. The van der Waals surface area contributed by atoms with Crippen LogP contribution in [0.5, 0.6) is 5.75 Å². The highest BCUT2D eigenvalue weighted by Crippen LogP contribution is 2.19. The molecule has 0 atom stereocenters. The maximum absolute atomic E-state index is 13.5. The molecule has 0 unspecified atom stereocenters. The molecule has 0 amide bonds. The van der Waals surface area contributed by atoms with Crippen LogP contribution in [-0.4, -0.2) is 32.4 Å². The summed E-state index contributed by atoms with van der Waals surface area (Å²) in [6, 6.07) is 21.3. The number of ketones is 1. The molecule has 0 bridgehead atoms. The van der Waals surface area contributed by atoms with E-state index in [0.717, 1.165) is 33.5 Å². The largest absolute Gasteiger partial charge is 0.497 e. The Morgan fingerprint density at radius 2 is 1.84 bits per heavy atom. The molecule has 3 heterocycles. The lowest BCUT2D eigenvalue weighted by Crippen LogP contribution is -2.30. The topological polar surface area (TPSA) is 89.9 Å². The van der Waals surface area contributed by atoms with Gasteiger partial charge in [-0.25, -0.2) is 0 Å². The van der Waals surface area contributed by atoms with Crippen LogP contribution in [0.25, 0.3) is 22.2 Å². The van der Waals surface area contributed by atoms with Crippen LogP contribution in [0.1, 0.15) is 23.4 Å². The van der Waals surface area contributed by atoms with Gasteiger partial charge in [-0.3, -0.25) is 24.1 Å². The first-order chi connectivity index (χ1) is 18.1. The second kappa shape index (κ2) is 11.0. The number of hydrogen-bond donors (Lipinski definition) is 1. The molecular weight excluding hydrogens is 464 g/mol. The summed E-state index contributed by atoms with van der Waals surface area (Å²) in [5.41, 5.74) is 4.73. The number of ether oxygens (including phenoxy) is 1. The summed E-state index contributed by atoms with van der Waals surface area (Å²) in [6.07, 6.45) is 7.24. The standard InChI is InChI=1S/C30H28N4O3/c1-37-26-9-5-6-21(16-26)10-13-28-30(36)34(29(19-32-28)22-7-3-2-4-8-22)20-25(35)12-11-24-17-23-18-31-15-14-27(23)33-24/h2-9,14-19,33H,10-13,20H2,1H3. The van der Waals surface area contributed by atoms with E-state index in [-0.39, 0.29) is 17.9 Å². The Hall–Kier alpha value is -4.52. The average Bonchev–Trinajstić information content (AvgIpc) is 3.36. The minimum absolute atomic E-state index is 0.000471. The number of Topliss-reactive ketones (excluding diaryl/α,β-unsaturated/α-hetero) is 1. The minimum atomic E-state index is -0.228. The number of aryl methyl sites for hydroxylation is 3. The smallest absolute Gasteiger partial charge is 0.273 e. The van der Waals surface area contributed by atoms with Crippen LogP contribution in [0.4, 0.5) is 0 Å². The molecule has 0 spiro atoms.